The fourth-order valence-corrected chi connectivity index (χ4v) is 7.94. The highest BCUT2D eigenvalue weighted by Gasteiger charge is 2.66. The van der Waals surface area contributed by atoms with Crippen LogP contribution in [0.2, 0.25) is 0 Å². The molecule has 4 rings (SSSR count). The first-order valence-electron chi connectivity index (χ1n) is 11.4. The maximum Gasteiger partial charge on any atom is 0.303 e. The van der Waals surface area contributed by atoms with Crippen molar-refractivity contribution >= 4 is 23.3 Å². The molecule has 4 saturated carbocycles. The molecule has 0 aromatic rings. The van der Waals surface area contributed by atoms with E-state index in [4.69, 9.17) is 5.11 Å². The van der Waals surface area contributed by atoms with Gasteiger partial charge in [0.05, 0.1) is 0 Å². The number of carboxylic acid groups (broad SMARTS) is 1. The number of ketones is 3. The van der Waals surface area contributed by atoms with E-state index < -0.39 is 11.4 Å². The summed E-state index contributed by atoms with van der Waals surface area (Å²) in [7, 11) is 0. The molecule has 29 heavy (non-hydrogen) atoms. The van der Waals surface area contributed by atoms with Gasteiger partial charge in [0, 0.05) is 43.4 Å². The molecule has 0 bridgehead atoms. The van der Waals surface area contributed by atoms with E-state index in [0.717, 1.165) is 19.3 Å². The Morgan fingerprint density at radius 2 is 1.83 bits per heavy atom. The van der Waals surface area contributed by atoms with Gasteiger partial charge >= 0.3 is 5.97 Å². The van der Waals surface area contributed by atoms with Crippen molar-refractivity contribution in [2.24, 2.45) is 46.3 Å². The summed E-state index contributed by atoms with van der Waals surface area (Å²) in [6.45, 7) is 6.37. The van der Waals surface area contributed by atoms with Crippen LogP contribution in [0.3, 0.4) is 0 Å². The van der Waals surface area contributed by atoms with E-state index in [1.807, 2.05) is 0 Å². The van der Waals surface area contributed by atoms with Crippen molar-refractivity contribution in [3.05, 3.63) is 0 Å². The van der Waals surface area contributed by atoms with Crippen molar-refractivity contribution in [2.75, 3.05) is 0 Å². The molecule has 0 aromatic carbocycles. The predicted octanol–water partition coefficient (Wildman–Crippen LogP) is 4.07. The van der Waals surface area contributed by atoms with Crippen molar-refractivity contribution < 1.29 is 24.3 Å². The molecule has 5 heteroatoms. The van der Waals surface area contributed by atoms with Gasteiger partial charge in [-0.3, -0.25) is 19.2 Å². The molecule has 4 aliphatic rings. The maximum atomic E-state index is 13.6. The van der Waals surface area contributed by atoms with Crippen LogP contribution in [0.5, 0.6) is 0 Å². The fraction of sp³-hybridized carbons (Fsp3) is 0.833. The molecule has 0 spiro atoms. The maximum absolute atomic E-state index is 13.6. The highest BCUT2D eigenvalue weighted by molar-refractivity contribution is 5.93. The van der Waals surface area contributed by atoms with Crippen LogP contribution in [-0.4, -0.2) is 28.4 Å². The van der Waals surface area contributed by atoms with E-state index in [2.05, 4.69) is 20.8 Å². The topological polar surface area (TPSA) is 88.5 Å². The number of hydrogen-bond acceptors (Lipinski definition) is 4. The summed E-state index contributed by atoms with van der Waals surface area (Å²) in [5, 5.41) is 9.06. The second kappa shape index (κ2) is 7.02. The fourth-order valence-electron chi connectivity index (χ4n) is 7.94. The minimum absolute atomic E-state index is 0.0659. The second-order valence-electron chi connectivity index (χ2n) is 10.9. The van der Waals surface area contributed by atoms with Crippen LogP contribution in [0, 0.1) is 46.3 Å². The van der Waals surface area contributed by atoms with Crippen LogP contribution in [0.15, 0.2) is 0 Å². The summed E-state index contributed by atoms with van der Waals surface area (Å²) in [4.78, 5) is 50.0. The highest BCUT2D eigenvalue weighted by atomic mass is 16.4. The van der Waals surface area contributed by atoms with Crippen molar-refractivity contribution in [2.45, 2.75) is 78.6 Å². The lowest BCUT2D eigenvalue weighted by atomic mass is 9.44. The van der Waals surface area contributed by atoms with Gasteiger partial charge in [0.25, 0.3) is 0 Å². The van der Waals surface area contributed by atoms with Crippen LogP contribution in [0.25, 0.3) is 0 Å². The second-order valence-corrected chi connectivity index (χ2v) is 10.9. The molecule has 1 N–H and O–H groups in total. The highest BCUT2D eigenvalue weighted by Crippen LogP contribution is 2.66. The first-order chi connectivity index (χ1) is 13.6. The smallest absolute Gasteiger partial charge is 0.303 e. The summed E-state index contributed by atoms with van der Waals surface area (Å²) in [6.07, 6.45) is 5.33. The monoisotopic (exact) mass is 402 g/mol. The number of rotatable bonds is 4. The van der Waals surface area contributed by atoms with Gasteiger partial charge in [-0.2, -0.15) is 0 Å². The number of Topliss-reactive ketones (excluding diaryl/α,β-unsaturated/α-hetero) is 3. The van der Waals surface area contributed by atoms with Gasteiger partial charge in [0.15, 0.2) is 0 Å². The van der Waals surface area contributed by atoms with Crippen molar-refractivity contribution in [3.8, 4) is 0 Å². The van der Waals surface area contributed by atoms with Gasteiger partial charge in [-0.1, -0.05) is 20.8 Å². The summed E-state index contributed by atoms with van der Waals surface area (Å²) in [5.74, 6) is 0.524. The number of aliphatic carboxylic acids is 1. The third kappa shape index (κ3) is 3.02. The zero-order valence-corrected chi connectivity index (χ0v) is 17.9. The Labute approximate surface area is 173 Å². The number of carboxylic acids is 1. The molecule has 0 aliphatic heterocycles. The zero-order valence-electron chi connectivity index (χ0n) is 17.9. The molecule has 4 fully saturated rings. The lowest BCUT2D eigenvalue weighted by molar-refractivity contribution is -0.166. The van der Waals surface area contributed by atoms with Gasteiger partial charge in [-0.15, -0.1) is 0 Å². The zero-order chi connectivity index (χ0) is 21.1. The Bertz CT molecular complexity index is 756. The molecule has 5 nitrogen and oxygen atoms in total. The SMILES string of the molecule is CC(CCC(=O)O)C1CC[C@H]2[C@@H]3C(=O)CC4CC(=O)CC[C@]4(C)[C@H]3CC(=O)[C@]12C. The van der Waals surface area contributed by atoms with E-state index in [0.29, 0.717) is 32.1 Å². The van der Waals surface area contributed by atoms with Crippen molar-refractivity contribution in [1.29, 1.82) is 0 Å². The number of carbonyl (C=O) groups excluding carboxylic acids is 3. The molecule has 8 atom stereocenters. The summed E-state index contributed by atoms with van der Waals surface area (Å²) >= 11 is 0. The van der Waals surface area contributed by atoms with Crippen molar-refractivity contribution in [3.63, 3.8) is 0 Å². The lowest BCUT2D eigenvalue weighted by Gasteiger charge is -2.58. The van der Waals surface area contributed by atoms with Crippen LogP contribution in [0.1, 0.15) is 78.6 Å². The van der Waals surface area contributed by atoms with Crippen LogP contribution in [0.4, 0.5) is 0 Å². The average molecular weight is 403 g/mol. The Morgan fingerprint density at radius 1 is 1.10 bits per heavy atom. The molecule has 0 amide bonds. The molecular weight excluding hydrogens is 368 g/mol. The van der Waals surface area contributed by atoms with Crippen LogP contribution in [-0.2, 0) is 19.2 Å². The van der Waals surface area contributed by atoms with Gasteiger partial charge < -0.3 is 5.11 Å². The minimum atomic E-state index is -0.792. The Kier molecular flexibility index (Phi) is 5.02. The Balaban J connectivity index is 1.63. The van der Waals surface area contributed by atoms with E-state index in [1.165, 1.54) is 0 Å². The number of hydrogen-bond donors (Lipinski definition) is 1. The first-order valence-corrected chi connectivity index (χ1v) is 11.4. The van der Waals surface area contributed by atoms with E-state index in [9.17, 15) is 19.2 Å². The standard InChI is InChI=1S/C24H34O5/c1-13(4-7-21(28)29)16-5-6-17-22-18(12-20(27)24(16,17)3)23(2)9-8-15(25)10-14(23)11-19(22)26/h13-14,16-18,22H,4-12H2,1-3H3,(H,28,29)/t13?,14?,16?,17-,18-,22-,23-,24+/m0/s1. The Hall–Kier alpha value is -1.52. The minimum Gasteiger partial charge on any atom is -0.481 e. The summed E-state index contributed by atoms with van der Waals surface area (Å²) in [5.41, 5.74) is -0.598. The quantitative estimate of drug-likeness (QED) is 0.766. The normalized spacial score (nSPS) is 45.3. The molecule has 0 radical (unpaired) electrons. The largest absolute Gasteiger partial charge is 0.481 e. The van der Waals surface area contributed by atoms with E-state index in [1.54, 1.807) is 0 Å². The summed E-state index contributed by atoms with van der Waals surface area (Å²) in [6, 6.07) is 0. The summed E-state index contributed by atoms with van der Waals surface area (Å²) < 4.78 is 0. The predicted molar refractivity (Wildman–Crippen MR) is 107 cm³/mol. The van der Waals surface area contributed by atoms with E-state index >= 15 is 0 Å². The van der Waals surface area contributed by atoms with Crippen LogP contribution < -0.4 is 0 Å². The third-order valence-electron chi connectivity index (χ3n) is 9.72. The molecule has 160 valence electrons. The van der Waals surface area contributed by atoms with Crippen LogP contribution >= 0.6 is 0 Å². The number of carbonyl (C=O) groups is 4. The first kappa shape index (κ1) is 20.7. The third-order valence-corrected chi connectivity index (χ3v) is 9.72. The molecule has 0 saturated heterocycles. The molecule has 0 heterocycles. The lowest BCUT2D eigenvalue weighted by Crippen LogP contribution is -2.60. The van der Waals surface area contributed by atoms with E-state index in [-0.39, 0.29) is 64.7 Å². The molecule has 3 unspecified atom stereocenters. The Morgan fingerprint density at radius 3 is 2.52 bits per heavy atom. The van der Waals surface area contributed by atoms with Gasteiger partial charge in [-0.25, -0.2) is 0 Å². The van der Waals surface area contributed by atoms with Gasteiger partial charge in [-0.05, 0) is 60.7 Å². The molecular formula is C24H34O5. The van der Waals surface area contributed by atoms with Crippen molar-refractivity contribution in [1.82, 2.24) is 0 Å². The average Bonchev–Trinajstić information content (AvgIpc) is 3.01. The number of fused-ring (bicyclic) bond motifs is 5. The molecule has 0 aromatic heterocycles. The molecule has 4 aliphatic carbocycles. The van der Waals surface area contributed by atoms with Gasteiger partial charge in [0.1, 0.15) is 17.3 Å². The van der Waals surface area contributed by atoms with Gasteiger partial charge in [0.2, 0.25) is 0 Å².